The van der Waals surface area contributed by atoms with Crippen molar-refractivity contribution >= 4 is 29.7 Å². The zero-order valence-corrected chi connectivity index (χ0v) is 19.1. The van der Waals surface area contributed by atoms with E-state index in [2.05, 4.69) is 16.0 Å². The average molecular weight is 461 g/mol. The largest absolute Gasteiger partial charge is 0.481 e. The molecule has 3 amide bonds. The molecule has 0 rings (SSSR count). The van der Waals surface area contributed by atoms with Crippen molar-refractivity contribution in [2.45, 2.75) is 84.2 Å². The number of hydrogen-bond donors (Lipinski definition) is 7. The summed E-state index contributed by atoms with van der Waals surface area (Å²) in [6, 6.07) is -5.28. The lowest BCUT2D eigenvalue weighted by Crippen LogP contribution is -2.60. The van der Waals surface area contributed by atoms with Crippen LogP contribution in [-0.2, 0) is 24.0 Å². The van der Waals surface area contributed by atoms with E-state index in [1.807, 2.05) is 13.8 Å². The topological polar surface area (TPSA) is 208 Å². The summed E-state index contributed by atoms with van der Waals surface area (Å²) < 4.78 is 0. The molecule has 8 N–H and O–H groups in total. The number of aliphatic hydroxyl groups excluding tert-OH is 1. The van der Waals surface area contributed by atoms with Crippen LogP contribution in [0, 0.1) is 11.8 Å². The maximum Gasteiger partial charge on any atom is 0.328 e. The Morgan fingerprint density at radius 2 is 1.38 bits per heavy atom. The Morgan fingerprint density at radius 1 is 0.844 bits per heavy atom. The van der Waals surface area contributed by atoms with Gasteiger partial charge in [0.15, 0.2) is 6.04 Å². The van der Waals surface area contributed by atoms with Crippen LogP contribution in [-0.4, -0.2) is 75.3 Å². The number of nitrogens with two attached hydrogens (primary N) is 1. The first-order chi connectivity index (χ1) is 14.7. The van der Waals surface area contributed by atoms with Crippen LogP contribution in [0.3, 0.4) is 0 Å². The average Bonchev–Trinajstić information content (AvgIpc) is 2.67. The van der Waals surface area contributed by atoms with Gasteiger partial charge in [-0.25, -0.2) is 4.79 Å². The van der Waals surface area contributed by atoms with E-state index in [0.717, 1.165) is 0 Å². The van der Waals surface area contributed by atoms with Gasteiger partial charge in [-0.2, -0.15) is 0 Å². The van der Waals surface area contributed by atoms with E-state index in [9.17, 15) is 29.1 Å². The van der Waals surface area contributed by atoms with Crippen molar-refractivity contribution in [2.75, 3.05) is 0 Å². The van der Waals surface area contributed by atoms with Gasteiger partial charge in [0.25, 0.3) is 0 Å². The third kappa shape index (κ3) is 10.1. The number of aliphatic hydroxyl groups is 1. The number of carboxylic acids is 2. The minimum atomic E-state index is -1.60. The van der Waals surface area contributed by atoms with Gasteiger partial charge in [-0.3, -0.25) is 19.2 Å². The Balaban J connectivity index is 5.57. The molecule has 0 saturated carbocycles. The molecule has 6 unspecified atom stereocenters. The molecule has 0 aromatic carbocycles. The van der Waals surface area contributed by atoms with Crippen molar-refractivity contribution in [2.24, 2.45) is 17.6 Å². The van der Waals surface area contributed by atoms with Crippen LogP contribution in [0.25, 0.3) is 0 Å². The summed E-state index contributed by atoms with van der Waals surface area (Å²) in [5.41, 5.74) is 5.79. The molecule has 0 aliphatic carbocycles. The van der Waals surface area contributed by atoms with Crippen molar-refractivity contribution in [1.29, 1.82) is 0 Å². The molecule has 184 valence electrons. The Labute approximate surface area is 187 Å². The van der Waals surface area contributed by atoms with Crippen LogP contribution in [0.2, 0.25) is 0 Å². The first kappa shape index (κ1) is 29.3. The number of carboxylic acid groups (broad SMARTS) is 2. The second-order valence-electron chi connectivity index (χ2n) is 8.33. The van der Waals surface area contributed by atoms with Gasteiger partial charge in [0, 0.05) is 0 Å². The van der Waals surface area contributed by atoms with Gasteiger partial charge in [0.05, 0.1) is 18.6 Å². The molecule has 0 aromatic rings. The highest BCUT2D eigenvalue weighted by atomic mass is 16.4. The quantitative estimate of drug-likeness (QED) is 0.166. The highest BCUT2D eigenvalue weighted by Gasteiger charge is 2.34. The van der Waals surface area contributed by atoms with Crippen LogP contribution in [0.15, 0.2) is 0 Å². The van der Waals surface area contributed by atoms with E-state index >= 15 is 0 Å². The fourth-order valence-corrected chi connectivity index (χ4v) is 2.87. The third-order valence-electron chi connectivity index (χ3n) is 4.91. The minimum Gasteiger partial charge on any atom is -0.481 e. The molecule has 0 bridgehead atoms. The molecule has 0 aliphatic rings. The van der Waals surface area contributed by atoms with Gasteiger partial charge in [-0.15, -0.1) is 0 Å². The highest BCUT2D eigenvalue weighted by molar-refractivity contribution is 5.95. The molecule has 0 aromatic heterocycles. The summed E-state index contributed by atoms with van der Waals surface area (Å²) in [7, 11) is 0. The van der Waals surface area contributed by atoms with Crippen LogP contribution in [0.5, 0.6) is 0 Å². The standard InChI is InChI=1S/C20H36N4O8/c1-6-10(4)15(19(30)24-16(11(5)25)20(31)32)23-18(29)13(8-14(26)27)22-17(28)12(21)7-9(2)3/h9-13,15-16,25H,6-8,21H2,1-5H3,(H,22,28)(H,23,29)(H,24,30)(H,26,27)(H,31,32). The second kappa shape index (κ2) is 13.6. The molecule has 0 spiro atoms. The smallest absolute Gasteiger partial charge is 0.328 e. The van der Waals surface area contributed by atoms with Gasteiger partial charge in [0.2, 0.25) is 17.7 Å². The number of rotatable bonds is 14. The molecule has 6 atom stereocenters. The molecule has 0 saturated heterocycles. The normalized spacial score (nSPS) is 16.8. The lowest BCUT2D eigenvalue weighted by molar-refractivity contribution is -0.146. The van der Waals surface area contributed by atoms with Crippen molar-refractivity contribution in [3.05, 3.63) is 0 Å². The first-order valence-electron chi connectivity index (χ1n) is 10.5. The molecular formula is C20H36N4O8. The minimum absolute atomic E-state index is 0.0945. The number of amides is 3. The van der Waals surface area contributed by atoms with Crippen molar-refractivity contribution < 1.29 is 39.3 Å². The summed E-state index contributed by atoms with van der Waals surface area (Å²) in [6.07, 6.45) is -1.40. The van der Waals surface area contributed by atoms with E-state index in [0.29, 0.717) is 12.8 Å². The third-order valence-corrected chi connectivity index (χ3v) is 4.91. The second-order valence-corrected chi connectivity index (χ2v) is 8.33. The van der Waals surface area contributed by atoms with Gasteiger partial charge in [-0.1, -0.05) is 34.1 Å². The molecular weight excluding hydrogens is 424 g/mol. The Bertz CT molecular complexity index is 683. The van der Waals surface area contributed by atoms with Crippen LogP contribution in [0.1, 0.15) is 53.9 Å². The molecule has 0 radical (unpaired) electrons. The lowest BCUT2D eigenvalue weighted by atomic mass is 9.97. The van der Waals surface area contributed by atoms with Gasteiger partial charge in [-0.05, 0) is 25.2 Å². The Kier molecular flexibility index (Phi) is 12.5. The summed E-state index contributed by atoms with van der Waals surface area (Å²) in [4.78, 5) is 60.2. The zero-order chi connectivity index (χ0) is 25.2. The zero-order valence-electron chi connectivity index (χ0n) is 19.1. The number of carbonyl (C=O) groups is 5. The van der Waals surface area contributed by atoms with Gasteiger partial charge < -0.3 is 37.0 Å². The fraction of sp³-hybridized carbons (Fsp3) is 0.750. The first-order valence-corrected chi connectivity index (χ1v) is 10.5. The summed E-state index contributed by atoms with van der Waals surface area (Å²) in [5, 5.41) is 34.8. The predicted molar refractivity (Wildman–Crippen MR) is 114 cm³/mol. The monoisotopic (exact) mass is 460 g/mol. The van der Waals surface area contributed by atoms with Crippen molar-refractivity contribution in [1.82, 2.24) is 16.0 Å². The fourth-order valence-electron chi connectivity index (χ4n) is 2.87. The SMILES string of the molecule is CCC(C)C(NC(=O)C(CC(=O)O)NC(=O)C(N)CC(C)C)C(=O)NC(C(=O)O)C(C)O. The molecule has 0 fully saturated rings. The molecule has 32 heavy (non-hydrogen) atoms. The van der Waals surface area contributed by atoms with Crippen LogP contribution in [0.4, 0.5) is 0 Å². The number of hydrogen-bond acceptors (Lipinski definition) is 7. The van der Waals surface area contributed by atoms with Crippen molar-refractivity contribution in [3.63, 3.8) is 0 Å². The van der Waals surface area contributed by atoms with Crippen LogP contribution >= 0.6 is 0 Å². The van der Waals surface area contributed by atoms with Gasteiger partial charge >= 0.3 is 11.9 Å². The number of nitrogens with one attached hydrogen (secondary N) is 3. The predicted octanol–water partition coefficient (Wildman–Crippen LogP) is -1.20. The van der Waals surface area contributed by atoms with E-state index in [4.69, 9.17) is 15.9 Å². The Morgan fingerprint density at radius 3 is 1.78 bits per heavy atom. The lowest BCUT2D eigenvalue weighted by Gasteiger charge is -2.28. The summed E-state index contributed by atoms with van der Waals surface area (Å²) in [6.45, 7) is 8.26. The van der Waals surface area contributed by atoms with Gasteiger partial charge in [0.1, 0.15) is 12.1 Å². The number of aliphatic carboxylic acids is 2. The maximum absolute atomic E-state index is 12.8. The molecule has 0 aliphatic heterocycles. The van der Waals surface area contributed by atoms with Crippen LogP contribution < -0.4 is 21.7 Å². The molecule has 12 nitrogen and oxygen atoms in total. The molecule has 0 heterocycles. The number of carbonyl (C=O) groups excluding carboxylic acids is 3. The van der Waals surface area contributed by atoms with E-state index < -0.39 is 72.3 Å². The van der Waals surface area contributed by atoms with Crippen molar-refractivity contribution in [3.8, 4) is 0 Å². The molecule has 12 heteroatoms. The maximum atomic E-state index is 12.8. The van der Waals surface area contributed by atoms with E-state index in [1.165, 1.54) is 6.92 Å². The Hall–Kier alpha value is -2.73. The summed E-state index contributed by atoms with van der Waals surface area (Å²) in [5.74, 6) is -5.68. The van der Waals surface area contributed by atoms with E-state index in [1.54, 1.807) is 13.8 Å². The summed E-state index contributed by atoms with van der Waals surface area (Å²) >= 11 is 0. The van der Waals surface area contributed by atoms with E-state index in [-0.39, 0.29) is 5.92 Å². The highest BCUT2D eigenvalue weighted by Crippen LogP contribution is 2.10.